The van der Waals surface area contributed by atoms with Crippen LogP contribution in [0, 0.1) is 23.7 Å². The molecule has 0 N–H and O–H groups in total. The monoisotopic (exact) mass is 409 g/mol. The fourth-order valence-corrected chi connectivity index (χ4v) is 5.33. The van der Waals surface area contributed by atoms with Crippen molar-refractivity contribution in [2.45, 2.75) is 6.42 Å². The fourth-order valence-electron chi connectivity index (χ4n) is 5.33. The van der Waals surface area contributed by atoms with E-state index in [2.05, 4.69) is 12.2 Å². The van der Waals surface area contributed by atoms with E-state index in [0.717, 1.165) is 17.2 Å². The zero-order valence-corrected chi connectivity index (χ0v) is 16.6. The van der Waals surface area contributed by atoms with E-state index in [0.29, 0.717) is 17.0 Å². The summed E-state index contributed by atoms with van der Waals surface area (Å²) in [6.07, 6.45) is 5.02. The number of imide groups is 1. The quantitative estimate of drug-likeness (QED) is 0.279. The molecule has 1 saturated heterocycles. The molecule has 2 aliphatic carbocycles. The van der Waals surface area contributed by atoms with Crippen LogP contribution in [0.15, 0.2) is 78.9 Å². The number of ether oxygens (including phenoxy) is 1. The number of anilines is 1. The second-order valence-electron chi connectivity index (χ2n) is 8.46. The van der Waals surface area contributed by atoms with Crippen LogP contribution in [0.3, 0.4) is 0 Å². The fraction of sp³-hybridized carbons (Fsp3) is 0.192. The van der Waals surface area contributed by atoms with Crippen molar-refractivity contribution in [2.24, 2.45) is 23.7 Å². The maximum absolute atomic E-state index is 13.0. The van der Waals surface area contributed by atoms with E-state index < -0.39 is 5.97 Å². The number of allylic oxidation sites excluding steroid dienone is 2. The highest BCUT2D eigenvalue weighted by molar-refractivity contribution is 6.23. The molecule has 0 unspecified atom stereocenters. The first-order valence-electron chi connectivity index (χ1n) is 10.5. The highest BCUT2D eigenvalue weighted by Crippen LogP contribution is 2.53. The Morgan fingerprint density at radius 2 is 1.52 bits per heavy atom. The Balaban J connectivity index is 1.26. The van der Waals surface area contributed by atoms with E-state index in [4.69, 9.17) is 4.74 Å². The summed E-state index contributed by atoms with van der Waals surface area (Å²) in [6.45, 7) is 0. The van der Waals surface area contributed by atoms with Crippen LogP contribution in [-0.4, -0.2) is 17.8 Å². The average molecular weight is 409 g/mol. The lowest BCUT2D eigenvalue weighted by atomic mass is 9.85. The van der Waals surface area contributed by atoms with E-state index in [1.807, 2.05) is 36.4 Å². The minimum Gasteiger partial charge on any atom is -0.423 e. The van der Waals surface area contributed by atoms with Gasteiger partial charge in [0.2, 0.25) is 11.8 Å². The van der Waals surface area contributed by atoms with Crippen LogP contribution < -0.4 is 9.64 Å². The van der Waals surface area contributed by atoms with Crippen LogP contribution in [0.1, 0.15) is 16.8 Å². The molecule has 1 heterocycles. The first-order chi connectivity index (χ1) is 15.1. The van der Waals surface area contributed by atoms with Crippen molar-refractivity contribution in [3.8, 4) is 5.75 Å². The molecule has 4 atom stereocenters. The van der Waals surface area contributed by atoms with Crippen molar-refractivity contribution >= 4 is 34.2 Å². The van der Waals surface area contributed by atoms with Crippen molar-refractivity contribution < 1.29 is 19.1 Å². The summed E-state index contributed by atoms with van der Waals surface area (Å²) in [5.41, 5.74) is 0.723. The highest BCUT2D eigenvalue weighted by atomic mass is 16.5. The second kappa shape index (κ2) is 6.64. The Morgan fingerprint density at radius 1 is 0.806 bits per heavy atom. The molecular formula is C26H19NO4. The van der Waals surface area contributed by atoms with Gasteiger partial charge in [-0.15, -0.1) is 0 Å². The molecule has 0 spiro atoms. The van der Waals surface area contributed by atoms with Crippen LogP contribution in [0.25, 0.3) is 10.8 Å². The number of nitrogens with zero attached hydrogens (tertiary/aromatic N) is 1. The maximum Gasteiger partial charge on any atom is 0.343 e. The van der Waals surface area contributed by atoms with Gasteiger partial charge >= 0.3 is 5.97 Å². The number of rotatable bonds is 3. The number of carbonyl (C=O) groups is 3. The van der Waals surface area contributed by atoms with Gasteiger partial charge in [-0.3, -0.25) is 9.59 Å². The minimum absolute atomic E-state index is 0.150. The van der Waals surface area contributed by atoms with E-state index in [1.54, 1.807) is 30.3 Å². The van der Waals surface area contributed by atoms with Gasteiger partial charge in [-0.1, -0.05) is 48.6 Å². The standard InChI is InChI=1S/C26H19NO4/c28-24-22-17-8-9-18(12-17)23(22)25(29)27(24)20-7-3-6-19(13-20)26(30)31-21-11-10-15-4-1-2-5-16(15)14-21/h1-11,13-14,17-18,22-23H,12H2/t17-,18-,22-,23-/m0/s1. The van der Waals surface area contributed by atoms with Gasteiger partial charge in [0.15, 0.2) is 0 Å². The van der Waals surface area contributed by atoms with Crippen molar-refractivity contribution in [2.75, 3.05) is 4.90 Å². The number of hydrogen-bond acceptors (Lipinski definition) is 4. The third kappa shape index (κ3) is 2.73. The van der Waals surface area contributed by atoms with Crippen LogP contribution >= 0.6 is 0 Å². The van der Waals surface area contributed by atoms with Gasteiger partial charge in [0.1, 0.15) is 5.75 Å². The van der Waals surface area contributed by atoms with E-state index >= 15 is 0 Å². The summed E-state index contributed by atoms with van der Waals surface area (Å²) in [5, 5.41) is 2.04. The SMILES string of the molecule is O=C(Oc1ccc2ccccc2c1)c1cccc(N2C(=O)[C@@H]3[C@@H](C2=O)[C@H]2C=C[C@H]3C2)c1. The Labute approximate surface area is 178 Å². The third-order valence-electron chi connectivity index (χ3n) is 6.74. The summed E-state index contributed by atoms with van der Waals surface area (Å²) in [7, 11) is 0. The van der Waals surface area contributed by atoms with Crippen molar-refractivity contribution in [1.82, 2.24) is 0 Å². The largest absolute Gasteiger partial charge is 0.423 e. The predicted molar refractivity (Wildman–Crippen MR) is 116 cm³/mol. The zero-order valence-electron chi connectivity index (χ0n) is 16.6. The van der Waals surface area contributed by atoms with E-state index in [-0.39, 0.29) is 35.5 Å². The first-order valence-corrected chi connectivity index (χ1v) is 10.5. The summed E-state index contributed by atoms with van der Waals surface area (Å²) in [5.74, 6) is -0.641. The highest BCUT2D eigenvalue weighted by Gasteiger charge is 2.59. The van der Waals surface area contributed by atoms with Crippen LogP contribution in [0.4, 0.5) is 5.69 Å². The lowest BCUT2D eigenvalue weighted by molar-refractivity contribution is -0.123. The van der Waals surface area contributed by atoms with Crippen molar-refractivity contribution in [3.63, 3.8) is 0 Å². The molecule has 31 heavy (non-hydrogen) atoms. The lowest BCUT2D eigenvalue weighted by Gasteiger charge is -2.18. The van der Waals surface area contributed by atoms with Crippen molar-refractivity contribution in [3.05, 3.63) is 84.4 Å². The number of esters is 1. The molecule has 0 radical (unpaired) electrons. The molecule has 5 heteroatoms. The molecule has 1 aliphatic heterocycles. The maximum atomic E-state index is 13.0. The van der Waals surface area contributed by atoms with E-state index in [1.165, 1.54) is 4.90 Å². The Kier molecular flexibility index (Phi) is 3.87. The van der Waals surface area contributed by atoms with Gasteiger partial charge in [0, 0.05) is 0 Å². The molecule has 0 aromatic heterocycles. The molecule has 5 nitrogen and oxygen atoms in total. The molecule has 3 aliphatic rings. The van der Waals surface area contributed by atoms with Gasteiger partial charge in [0.25, 0.3) is 0 Å². The Hall–Kier alpha value is -3.73. The number of benzene rings is 3. The van der Waals surface area contributed by atoms with Gasteiger partial charge in [0.05, 0.1) is 23.1 Å². The third-order valence-corrected chi connectivity index (χ3v) is 6.74. The number of hydrogen-bond donors (Lipinski definition) is 0. The lowest BCUT2D eigenvalue weighted by Crippen LogP contribution is -2.33. The average Bonchev–Trinajstić information content (AvgIpc) is 3.47. The Bertz CT molecular complexity index is 1260. The molecule has 2 bridgehead atoms. The van der Waals surface area contributed by atoms with E-state index in [9.17, 15) is 14.4 Å². The number of amides is 2. The molecule has 2 fully saturated rings. The number of fused-ring (bicyclic) bond motifs is 6. The van der Waals surface area contributed by atoms with Gasteiger partial charge < -0.3 is 4.74 Å². The minimum atomic E-state index is -0.529. The molecule has 2 amide bonds. The molecule has 3 aromatic carbocycles. The summed E-state index contributed by atoms with van der Waals surface area (Å²) in [4.78, 5) is 40.1. The predicted octanol–water partition coefficient (Wildman–Crippen LogP) is 4.37. The Morgan fingerprint density at radius 3 is 2.26 bits per heavy atom. The van der Waals surface area contributed by atoms with Crippen molar-refractivity contribution in [1.29, 1.82) is 0 Å². The topological polar surface area (TPSA) is 63.7 Å². The molecule has 1 saturated carbocycles. The van der Waals surface area contributed by atoms with Crippen LogP contribution in [-0.2, 0) is 9.59 Å². The summed E-state index contributed by atoms with van der Waals surface area (Å²) < 4.78 is 5.56. The molecule has 6 rings (SSSR count). The summed E-state index contributed by atoms with van der Waals surface area (Å²) in [6, 6.07) is 19.9. The smallest absolute Gasteiger partial charge is 0.343 e. The van der Waals surface area contributed by atoms with Crippen LogP contribution in [0.5, 0.6) is 5.75 Å². The van der Waals surface area contributed by atoms with Gasteiger partial charge in [-0.2, -0.15) is 0 Å². The zero-order chi connectivity index (χ0) is 21.1. The van der Waals surface area contributed by atoms with Gasteiger partial charge in [-0.05, 0) is 59.4 Å². The molecule has 3 aromatic rings. The summed E-state index contributed by atoms with van der Waals surface area (Å²) >= 11 is 0. The van der Waals surface area contributed by atoms with Gasteiger partial charge in [-0.25, -0.2) is 9.69 Å². The first kappa shape index (κ1) is 18.1. The molecular weight excluding hydrogens is 390 g/mol. The molecule has 152 valence electrons. The second-order valence-corrected chi connectivity index (χ2v) is 8.46. The number of carbonyl (C=O) groups excluding carboxylic acids is 3. The normalized spacial score (nSPS) is 26.0. The van der Waals surface area contributed by atoms with Crippen LogP contribution in [0.2, 0.25) is 0 Å².